The molecule has 0 unspecified atom stereocenters. The van der Waals surface area contributed by atoms with Crippen LogP contribution in [0.25, 0.3) is 0 Å². The molecule has 0 bridgehead atoms. The number of alkyl halides is 1. The SMILES string of the molecule is ClC1CCC(NCCc2ccsc2)CC1. The van der Waals surface area contributed by atoms with Crippen LogP contribution in [-0.4, -0.2) is 18.0 Å². The number of nitrogens with one attached hydrogen (secondary N) is 1. The quantitative estimate of drug-likeness (QED) is 0.799. The van der Waals surface area contributed by atoms with Gasteiger partial charge in [0.25, 0.3) is 0 Å². The summed E-state index contributed by atoms with van der Waals surface area (Å²) in [4.78, 5) is 0. The minimum absolute atomic E-state index is 0.430. The van der Waals surface area contributed by atoms with Crippen LogP contribution in [0.1, 0.15) is 31.2 Å². The Kier molecular flexibility index (Phi) is 4.48. The Labute approximate surface area is 101 Å². The fourth-order valence-electron chi connectivity index (χ4n) is 2.11. The van der Waals surface area contributed by atoms with Crippen LogP contribution in [0.2, 0.25) is 0 Å². The van der Waals surface area contributed by atoms with E-state index in [2.05, 4.69) is 22.1 Å². The fourth-order valence-corrected chi connectivity index (χ4v) is 3.07. The molecule has 1 fully saturated rings. The number of halogens is 1. The third-order valence-electron chi connectivity index (χ3n) is 3.08. The van der Waals surface area contributed by atoms with Crippen molar-refractivity contribution in [2.24, 2.45) is 0 Å². The van der Waals surface area contributed by atoms with Crippen molar-refractivity contribution >= 4 is 22.9 Å². The minimum Gasteiger partial charge on any atom is -0.314 e. The van der Waals surface area contributed by atoms with Crippen LogP contribution in [0.5, 0.6) is 0 Å². The number of hydrogen-bond donors (Lipinski definition) is 1. The van der Waals surface area contributed by atoms with Crippen LogP contribution in [-0.2, 0) is 6.42 Å². The summed E-state index contributed by atoms with van der Waals surface area (Å²) in [6.07, 6.45) is 6.01. The molecule has 84 valence electrons. The lowest BCUT2D eigenvalue weighted by atomic mass is 9.95. The van der Waals surface area contributed by atoms with E-state index in [0.717, 1.165) is 13.0 Å². The molecule has 15 heavy (non-hydrogen) atoms. The van der Waals surface area contributed by atoms with Crippen molar-refractivity contribution in [3.63, 3.8) is 0 Å². The lowest BCUT2D eigenvalue weighted by Gasteiger charge is -2.25. The summed E-state index contributed by atoms with van der Waals surface area (Å²) < 4.78 is 0. The maximum atomic E-state index is 6.07. The molecule has 0 radical (unpaired) electrons. The zero-order valence-electron chi connectivity index (χ0n) is 8.92. The Balaban J connectivity index is 1.62. The molecule has 1 aliphatic carbocycles. The lowest BCUT2D eigenvalue weighted by molar-refractivity contribution is 0.379. The molecule has 0 aliphatic heterocycles. The highest BCUT2D eigenvalue weighted by Gasteiger charge is 2.18. The van der Waals surface area contributed by atoms with E-state index in [4.69, 9.17) is 11.6 Å². The lowest BCUT2D eigenvalue weighted by Crippen LogP contribution is -2.34. The van der Waals surface area contributed by atoms with Crippen LogP contribution in [0.3, 0.4) is 0 Å². The van der Waals surface area contributed by atoms with Gasteiger partial charge in [-0.25, -0.2) is 0 Å². The summed E-state index contributed by atoms with van der Waals surface area (Å²) >= 11 is 7.85. The molecule has 0 saturated heterocycles. The summed E-state index contributed by atoms with van der Waals surface area (Å²) in [5, 5.41) is 8.44. The second-order valence-corrected chi connectivity index (χ2v) is 5.68. The van der Waals surface area contributed by atoms with Crippen LogP contribution in [0, 0.1) is 0 Å². The molecule has 0 aromatic carbocycles. The molecule has 1 aromatic rings. The maximum absolute atomic E-state index is 6.07. The molecule has 1 N–H and O–H groups in total. The molecule has 1 saturated carbocycles. The van der Waals surface area contributed by atoms with Crippen molar-refractivity contribution in [3.05, 3.63) is 22.4 Å². The topological polar surface area (TPSA) is 12.0 Å². The first-order valence-corrected chi connectivity index (χ1v) is 7.11. The highest BCUT2D eigenvalue weighted by atomic mass is 35.5. The standard InChI is InChI=1S/C12H18ClNS/c13-11-1-3-12(4-2-11)14-7-5-10-6-8-15-9-10/h6,8-9,11-12,14H,1-5,7H2. The first-order valence-electron chi connectivity index (χ1n) is 5.73. The molecule has 1 heterocycles. The van der Waals surface area contributed by atoms with E-state index in [-0.39, 0.29) is 0 Å². The van der Waals surface area contributed by atoms with Gasteiger partial charge in [-0.3, -0.25) is 0 Å². The summed E-state index contributed by atoms with van der Waals surface area (Å²) in [6.45, 7) is 1.11. The van der Waals surface area contributed by atoms with Crippen LogP contribution in [0.15, 0.2) is 16.8 Å². The average Bonchev–Trinajstić information content (AvgIpc) is 2.74. The second-order valence-electron chi connectivity index (χ2n) is 4.28. The van der Waals surface area contributed by atoms with E-state index in [1.165, 1.54) is 31.2 Å². The van der Waals surface area contributed by atoms with Gasteiger partial charge >= 0.3 is 0 Å². The molecular formula is C12H18ClNS. The van der Waals surface area contributed by atoms with Crippen LogP contribution >= 0.6 is 22.9 Å². The molecule has 0 spiro atoms. The first-order chi connectivity index (χ1) is 7.34. The molecule has 0 amide bonds. The molecular weight excluding hydrogens is 226 g/mol. The van der Waals surface area contributed by atoms with E-state index in [9.17, 15) is 0 Å². The van der Waals surface area contributed by atoms with Gasteiger partial charge in [0.2, 0.25) is 0 Å². The maximum Gasteiger partial charge on any atom is 0.0337 e. The summed E-state index contributed by atoms with van der Waals surface area (Å²) in [5.74, 6) is 0. The molecule has 1 nitrogen and oxygen atoms in total. The summed E-state index contributed by atoms with van der Waals surface area (Å²) in [5.41, 5.74) is 1.46. The van der Waals surface area contributed by atoms with Gasteiger partial charge in [0.1, 0.15) is 0 Å². The van der Waals surface area contributed by atoms with Gasteiger partial charge in [-0.2, -0.15) is 11.3 Å². The number of thiophene rings is 1. The Hall–Kier alpha value is -0.0500. The molecule has 1 aliphatic rings. The zero-order valence-corrected chi connectivity index (χ0v) is 10.5. The van der Waals surface area contributed by atoms with Gasteiger partial charge < -0.3 is 5.32 Å². The van der Waals surface area contributed by atoms with Crippen LogP contribution in [0.4, 0.5) is 0 Å². The average molecular weight is 244 g/mol. The third kappa shape index (κ3) is 3.78. The molecule has 2 rings (SSSR count). The van der Waals surface area contributed by atoms with Gasteiger partial charge in [0.15, 0.2) is 0 Å². The van der Waals surface area contributed by atoms with E-state index < -0.39 is 0 Å². The van der Waals surface area contributed by atoms with Gasteiger partial charge in [-0.1, -0.05) is 0 Å². The largest absolute Gasteiger partial charge is 0.314 e. The summed E-state index contributed by atoms with van der Waals surface area (Å²) in [7, 11) is 0. The van der Waals surface area contributed by atoms with Gasteiger partial charge in [0.05, 0.1) is 0 Å². The number of rotatable bonds is 4. The zero-order chi connectivity index (χ0) is 10.5. The Morgan fingerprint density at radius 1 is 1.33 bits per heavy atom. The monoisotopic (exact) mass is 243 g/mol. The van der Waals surface area contributed by atoms with Gasteiger partial charge in [-0.05, 0) is 61.0 Å². The second kappa shape index (κ2) is 5.88. The van der Waals surface area contributed by atoms with Crippen molar-refractivity contribution in [1.29, 1.82) is 0 Å². The smallest absolute Gasteiger partial charge is 0.0337 e. The Bertz CT molecular complexity index is 265. The number of hydrogen-bond acceptors (Lipinski definition) is 2. The first kappa shape index (κ1) is 11.4. The van der Waals surface area contributed by atoms with Gasteiger partial charge in [-0.15, -0.1) is 11.6 Å². The van der Waals surface area contributed by atoms with Crippen molar-refractivity contribution in [2.45, 2.75) is 43.5 Å². The van der Waals surface area contributed by atoms with E-state index in [0.29, 0.717) is 11.4 Å². The van der Waals surface area contributed by atoms with Crippen molar-refractivity contribution in [2.75, 3.05) is 6.54 Å². The molecule has 1 aromatic heterocycles. The van der Waals surface area contributed by atoms with E-state index in [1.807, 2.05) is 0 Å². The highest BCUT2D eigenvalue weighted by molar-refractivity contribution is 7.07. The normalized spacial score (nSPS) is 26.7. The minimum atomic E-state index is 0.430. The third-order valence-corrected chi connectivity index (χ3v) is 4.25. The van der Waals surface area contributed by atoms with E-state index in [1.54, 1.807) is 11.3 Å². The molecule has 0 atom stereocenters. The Morgan fingerprint density at radius 3 is 2.80 bits per heavy atom. The van der Waals surface area contributed by atoms with Crippen molar-refractivity contribution < 1.29 is 0 Å². The van der Waals surface area contributed by atoms with Crippen molar-refractivity contribution in [1.82, 2.24) is 5.32 Å². The van der Waals surface area contributed by atoms with E-state index >= 15 is 0 Å². The van der Waals surface area contributed by atoms with Gasteiger partial charge in [0, 0.05) is 11.4 Å². The highest BCUT2D eigenvalue weighted by Crippen LogP contribution is 2.22. The predicted molar refractivity (Wildman–Crippen MR) is 67.9 cm³/mol. The Morgan fingerprint density at radius 2 is 2.13 bits per heavy atom. The molecule has 3 heteroatoms. The fraction of sp³-hybridized carbons (Fsp3) is 0.667. The van der Waals surface area contributed by atoms with Crippen molar-refractivity contribution in [3.8, 4) is 0 Å². The van der Waals surface area contributed by atoms with Crippen LogP contribution < -0.4 is 5.32 Å². The predicted octanol–water partition coefficient (Wildman–Crippen LogP) is 3.43. The summed E-state index contributed by atoms with van der Waals surface area (Å²) in [6, 6.07) is 2.92.